The number of carbonyl (C=O) groups excluding carboxylic acids is 1. The SMILES string of the molecule is CN1CCCC(C(=O)N2CCCSCC2CN2CCCCC2)C1. The van der Waals surface area contributed by atoms with Gasteiger partial charge in [-0.3, -0.25) is 4.79 Å². The van der Waals surface area contributed by atoms with Crippen molar-refractivity contribution in [1.82, 2.24) is 14.7 Å². The van der Waals surface area contributed by atoms with Crippen LogP contribution in [0.4, 0.5) is 0 Å². The minimum absolute atomic E-state index is 0.237. The van der Waals surface area contributed by atoms with E-state index in [4.69, 9.17) is 0 Å². The molecule has 0 aromatic heterocycles. The minimum Gasteiger partial charge on any atom is -0.337 e. The second-order valence-corrected chi connectivity index (χ2v) is 8.73. The molecule has 0 aromatic rings. The van der Waals surface area contributed by atoms with Gasteiger partial charge in [0.25, 0.3) is 0 Å². The Hall–Kier alpha value is -0.260. The number of piperidine rings is 2. The number of carbonyl (C=O) groups is 1. The van der Waals surface area contributed by atoms with Gasteiger partial charge in [-0.15, -0.1) is 0 Å². The third-order valence-corrected chi connectivity index (χ3v) is 6.81. The van der Waals surface area contributed by atoms with Crippen LogP contribution in [0, 0.1) is 5.92 Å². The quantitative estimate of drug-likeness (QED) is 0.787. The van der Waals surface area contributed by atoms with Gasteiger partial charge >= 0.3 is 0 Å². The van der Waals surface area contributed by atoms with Crippen LogP contribution in [0.25, 0.3) is 0 Å². The summed E-state index contributed by atoms with van der Waals surface area (Å²) in [7, 11) is 2.16. The van der Waals surface area contributed by atoms with Crippen LogP contribution in [0.2, 0.25) is 0 Å². The summed E-state index contributed by atoms with van der Waals surface area (Å²) < 4.78 is 0. The first-order chi connectivity index (χ1) is 11.2. The van der Waals surface area contributed by atoms with Crippen molar-refractivity contribution in [3.63, 3.8) is 0 Å². The zero-order valence-corrected chi connectivity index (χ0v) is 15.5. The second-order valence-electron chi connectivity index (χ2n) is 7.58. The second kappa shape index (κ2) is 8.72. The summed E-state index contributed by atoms with van der Waals surface area (Å²) in [6.07, 6.45) is 7.47. The van der Waals surface area contributed by atoms with Crippen molar-refractivity contribution >= 4 is 17.7 Å². The summed E-state index contributed by atoms with van der Waals surface area (Å²) in [6, 6.07) is 0.431. The van der Waals surface area contributed by atoms with Crippen molar-refractivity contribution < 1.29 is 4.79 Å². The molecule has 3 heterocycles. The van der Waals surface area contributed by atoms with Gasteiger partial charge in [0, 0.05) is 25.4 Å². The van der Waals surface area contributed by atoms with Crippen molar-refractivity contribution in [2.45, 2.75) is 44.6 Å². The van der Waals surface area contributed by atoms with E-state index < -0.39 is 0 Å². The molecule has 0 radical (unpaired) electrons. The fraction of sp³-hybridized carbons (Fsp3) is 0.944. The van der Waals surface area contributed by atoms with Crippen molar-refractivity contribution in [2.75, 3.05) is 57.8 Å². The Balaban J connectivity index is 1.63. The largest absolute Gasteiger partial charge is 0.337 e. The topological polar surface area (TPSA) is 26.8 Å². The molecule has 0 N–H and O–H groups in total. The molecule has 132 valence electrons. The van der Waals surface area contributed by atoms with E-state index in [-0.39, 0.29) is 5.92 Å². The van der Waals surface area contributed by atoms with Gasteiger partial charge in [-0.1, -0.05) is 6.42 Å². The van der Waals surface area contributed by atoms with Crippen LogP contribution < -0.4 is 0 Å². The standard InChI is InChI=1S/C18H33N3OS/c1-19-8-5-7-16(13-19)18(22)21-11-6-12-23-15-17(21)14-20-9-3-2-4-10-20/h16-17H,2-15H2,1H3. The molecule has 3 rings (SSSR count). The number of rotatable bonds is 3. The first-order valence-electron chi connectivity index (χ1n) is 9.53. The summed E-state index contributed by atoms with van der Waals surface area (Å²) in [5.74, 6) is 3.03. The fourth-order valence-electron chi connectivity index (χ4n) is 4.31. The molecule has 2 unspecified atom stereocenters. The molecule has 0 bridgehead atoms. The third kappa shape index (κ3) is 4.86. The maximum atomic E-state index is 13.2. The number of amides is 1. The van der Waals surface area contributed by atoms with Crippen molar-refractivity contribution in [3.05, 3.63) is 0 Å². The van der Waals surface area contributed by atoms with E-state index in [1.54, 1.807) is 0 Å². The summed E-state index contributed by atoms with van der Waals surface area (Å²) in [5, 5.41) is 0. The van der Waals surface area contributed by atoms with Gasteiger partial charge in [0.05, 0.1) is 12.0 Å². The molecule has 5 heteroatoms. The Morgan fingerprint density at radius 3 is 2.65 bits per heavy atom. The van der Waals surface area contributed by atoms with Crippen LogP contribution >= 0.6 is 11.8 Å². The summed E-state index contributed by atoms with van der Waals surface area (Å²) in [5.41, 5.74) is 0. The molecule has 3 fully saturated rings. The Morgan fingerprint density at radius 1 is 1.04 bits per heavy atom. The van der Waals surface area contributed by atoms with E-state index >= 15 is 0 Å². The van der Waals surface area contributed by atoms with Crippen molar-refractivity contribution in [3.8, 4) is 0 Å². The highest BCUT2D eigenvalue weighted by atomic mass is 32.2. The Bertz CT molecular complexity index is 386. The first-order valence-corrected chi connectivity index (χ1v) is 10.7. The Morgan fingerprint density at radius 2 is 1.87 bits per heavy atom. The molecule has 1 amide bonds. The third-order valence-electron chi connectivity index (χ3n) is 5.61. The highest BCUT2D eigenvalue weighted by Gasteiger charge is 2.33. The van der Waals surface area contributed by atoms with Crippen molar-refractivity contribution in [1.29, 1.82) is 0 Å². The molecular weight excluding hydrogens is 306 g/mol. The average Bonchev–Trinajstić information content (AvgIpc) is 2.81. The van der Waals surface area contributed by atoms with Gasteiger partial charge in [-0.2, -0.15) is 11.8 Å². The van der Waals surface area contributed by atoms with Crippen LogP contribution in [0.1, 0.15) is 38.5 Å². The highest BCUT2D eigenvalue weighted by molar-refractivity contribution is 7.99. The van der Waals surface area contributed by atoms with Gasteiger partial charge in [0.1, 0.15) is 0 Å². The molecule has 0 aliphatic carbocycles. The molecule has 23 heavy (non-hydrogen) atoms. The van der Waals surface area contributed by atoms with Gasteiger partial charge < -0.3 is 14.7 Å². The lowest BCUT2D eigenvalue weighted by atomic mass is 9.96. The molecule has 2 atom stereocenters. The lowest BCUT2D eigenvalue weighted by molar-refractivity contribution is -0.139. The van der Waals surface area contributed by atoms with Crippen LogP contribution in [-0.2, 0) is 4.79 Å². The van der Waals surface area contributed by atoms with Gasteiger partial charge in [0.2, 0.25) is 5.91 Å². The minimum atomic E-state index is 0.237. The van der Waals surface area contributed by atoms with Crippen LogP contribution in [-0.4, -0.2) is 84.5 Å². The van der Waals surface area contributed by atoms with E-state index in [1.165, 1.54) is 44.5 Å². The maximum absolute atomic E-state index is 13.2. The Labute approximate surface area is 145 Å². The monoisotopic (exact) mass is 339 g/mol. The van der Waals surface area contributed by atoms with E-state index in [0.717, 1.165) is 44.8 Å². The lowest BCUT2D eigenvalue weighted by Crippen LogP contribution is -2.52. The molecule has 0 saturated carbocycles. The van der Waals surface area contributed by atoms with Gasteiger partial charge in [-0.25, -0.2) is 0 Å². The number of hydrogen-bond donors (Lipinski definition) is 0. The molecule has 0 spiro atoms. The number of thioether (sulfide) groups is 1. The first kappa shape index (κ1) is 17.6. The molecule has 4 nitrogen and oxygen atoms in total. The predicted octanol–water partition coefficient (Wildman–Crippen LogP) is 2.15. The number of likely N-dealkylation sites (tertiary alicyclic amines) is 2. The zero-order chi connectivity index (χ0) is 16.1. The number of hydrogen-bond acceptors (Lipinski definition) is 4. The summed E-state index contributed by atoms with van der Waals surface area (Å²) in [6.45, 7) is 6.65. The smallest absolute Gasteiger partial charge is 0.227 e. The maximum Gasteiger partial charge on any atom is 0.227 e. The van der Waals surface area contributed by atoms with E-state index in [1.807, 2.05) is 11.8 Å². The van der Waals surface area contributed by atoms with E-state index in [2.05, 4.69) is 21.7 Å². The average molecular weight is 340 g/mol. The Kier molecular flexibility index (Phi) is 6.66. The van der Waals surface area contributed by atoms with Crippen LogP contribution in [0.3, 0.4) is 0 Å². The van der Waals surface area contributed by atoms with Gasteiger partial charge in [0.15, 0.2) is 0 Å². The predicted molar refractivity (Wildman–Crippen MR) is 98.0 cm³/mol. The summed E-state index contributed by atoms with van der Waals surface area (Å²) >= 11 is 2.05. The molecule has 3 aliphatic heterocycles. The normalized spacial score (nSPS) is 31.8. The van der Waals surface area contributed by atoms with Crippen molar-refractivity contribution in [2.24, 2.45) is 5.92 Å². The van der Waals surface area contributed by atoms with Crippen LogP contribution in [0.15, 0.2) is 0 Å². The molecule has 3 aliphatic rings. The lowest BCUT2D eigenvalue weighted by Gasteiger charge is -2.39. The molecule has 0 aromatic carbocycles. The molecule has 3 saturated heterocycles. The summed E-state index contributed by atoms with van der Waals surface area (Å²) in [4.78, 5) is 20.4. The van der Waals surface area contributed by atoms with Gasteiger partial charge in [-0.05, 0) is 64.5 Å². The highest BCUT2D eigenvalue weighted by Crippen LogP contribution is 2.24. The number of nitrogens with zero attached hydrogens (tertiary/aromatic N) is 3. The van der Waals surface area contributed by atoms with E-state index in [9.17, 15) is 4.79 Å². The molecular formula is C18H33N3OS. The fourth-order valence-corrected chi connectivity index (χ4v) is 5.37. The zero-order valence-electron chi connectivity index (χ0n) is 14.7. The van der Waals surface area contributed by atoms with E-state index in [0.29, 0.717) is 11.9 Å². The van der Waals surface area contributed by atoms with Crippen LogP contribution in [0.5, 0.6) is 0 Å².